The van der Waals surface area contributed by atoms with E-state index in [9.17, 15) is 4.79 Å². The second-order valence-corrected chi connectivity index (χ2v) is 11.9. The zero-order valence-corrected chi connectivity index (χ0v) is 30.0. The summed E-state index contributed by atoms with van der Waals surface area (Å²) in [7, 11) is 1.69. The Balaban J connectivity index is 3.14. The van der Waals surface area contributed by atoms with Crippen LogP contribution >= 0.6 is 0 Å². The SMILES string of the molecule is CCCCCCCCCCOCCOCCOCCOCCOCCOCCOCCOCCOCCN(C)C(=O)OC(C)(C)C. The number of likely N-dealkylation sites (N-methyl/N-ethyl adjacent to an activating group) is 1. The first kappa shape index (κ1) is 44.9. The van der Waals surface area contributed by atoms with E-state index in [2.05, 4.69) is 6.92 Å². The molecule has 0 atom stereocenters. The summed E-state index contributed by atoms with van der Waals surface area (Å²) in [4.78, 5) is 13.3. The van der Waals surface area contributed by atoms with Gasteiger partial charge in [-0.3, -0.25) is 0 Å². The first-order chi connectivity index (χ1) is 22.4. The molecule has 0 spiro atoms. The highest BCUT2D eigenvalue weighted by atomic mass is 16.6. The molecule has 0 saturated heterocycles. The highest BCUT2D eigenvalue weighted by molar-refractivity contribution is 5.67. The van der Waals surface area contributed by atoms with Gasteiger partial charge in [0.1, 0.15) is 5.60 Å². The Morgan fingerprint density at radius 3 is 1.04 bits per heavy atom. The minimum absolute atomic E-state index is 0.359. The van der Waals surface area contributed by atoms with E-state index in [1.54, 1.807) is 7.05 Å². The van der Waals surface area contributed by atoms with E-state index in [1.165, 1.54) is 49.8 Å². The van der Waals surface area contributed by atoms with Crippen LogP contribution in [-0.4, -0.2) is 149 Å². The summed E-state index contributed by atoms with van der Waals surface area (Å²) < 4.78 is 54.9. The van der Waals surface area contributed by atoms with Gasteiger partial charge in [-0.05, 0) is 27.2 Å². The average Bonchev–Trinajstić information content (AvgIpc) is 3.02. The lowest BCUT2D eigenvalue weighted by molar-refractivity contribution is -0.0254. The van der Waals surface area contributed by atoms with Crippen molar-refractivity contribution in [2.45, 2.75) is 84.7 Å². The molecule has 12 heteroatoms. The van der Waals surface area contributed by atoms with Crippen molar-refractivity contribution in [3.63, 3.8) is 0 Å². The van der Waals surface area contributed by atoms with E-state index < -0.39 is 5.60 Å². The van der Waals surface area contributed by atoms with Crippen molar-refractivity contribution in [2.75, 3.05) is 133 Å². The van der Waals surface area contributed by atoms with Crippen molar-refractivity contribution >= 4 is 6.09 Å². The fourth-order valence-corrected chi connectivity index (χ4v) is 3.83. The average molecular weight is 668 g/mol. The molecule has 0 N–H and O–H groups in total. The third-order valence-corrected chi connectivity index (χ3v) is 6.39. The van der Waals surface area contributed by atoms with Crippen molar-refractivity contribution in [3.8, 4) is 0 Å². The minimum atomic E-state index is -0.505. The molecule has 46 heavy (non-hydrogen) atoms. The third-order valence-electron chi connectivity index (χ3n) is 6.39. The number of hydrogen-bond acceptors (Lipinski definition) is 11. The van der Waals surface area contributed by atoms with Crippen LogP contribution in [0.25, 0.3) is 0 Å². The summed E-state index contributed by atoms with van der Waals surface area (Å²) in [6.07, 6.45) is 10.2. The minimum Gasteiger partial charge on any atom is -0.444 e. The van der Waals surface area contributed by atoms with Crippen LogP contribution in [0.4, 0.5) is 4.79 Å². The predicted molar refractivity (Wildman–Crippen MR) is 179 cm³/mol. The summed E-state index contributed by atoms with van der Waals surface area (Å²) in [5, 5.41) is 0. The highest BCUT2D eigenvalue weighted by Crippen LogP contribution is 2.09. The van der Waals surface area contributed by atoms with Crippen molar-refractivity contribution in [1.29, 1.82) is 0 Å². The zero-order chi connectivity index (χ0) is 33.8. The van der Waals surface area contributed by atoms with Gasteiger partial charge in [-0.15, -0.1) is 0 Å². The maximum atomic E-state index is 11.9. The highest BCUT2D eigenvalue weighted by Gasteiger charge is 2.19. The number of unbranched alkanes of at least 4 members (excludes halogenated alkanes) is 7. The number of carbonyl (C=O) groups excluding carboxylic acids is 1. The quantitative estimate of drug-likeness (QED) is 0.0828. The second kappa shape index (κ2) is 35.2. The Morgan fingerprint density at radius 1 is 0.435 bits per heavy atom. The molecule has 0 heterocycles. The van der Waals surface area contributed by atoms with Gasteiger partial charge in [0.2, 0.25) is 0 Å². The first-order valence-corrected chi connectivity index (χ1v) is 17.5. The van der Waals surface area contributed by atoms with Gasteiger partial charge in [-0.1, -0.05) is 51.9 Å². The Kier molecular flexibility index (Phi) is 34.4. The van der Waals surface area contributed by atoms with Crippen LogP contribution in [0.5, 0.6) is 0 Å². The van der Waals surface area contributed by atoms with Crippen molar-refractivity contribution in [3.05, 3.63) is 0 Å². The molecule has 276 valence electrons. The maximum absolute atomic E-state index is 11.9. The maximum Gasteiger partial charge on any atom is 0.410 e. The topological polar surface area (TPSA) is 113 Å². The first-order valence-electron chi connectivity index (χ1n) is 17.5. The van der Waals surface area contributed by atoms with E-state index in [1.807, 2.05) is 20.8 Å². The molecular weight excluding hydrogens is 598 g/mol. The van der Waals surface area contributed by atoms with Crippen molar-refractivity contribution < 1.29 is 52.2 Å². The Bertz CT molecular complexity index is 622. The van der Waals surface area contributed by atoms with E-state index >= 15 is 0 Å². The summed E-state index contributed by atoms with van der Waals surface area (Å²) in [6.45, 7) is 17.9. The third kappa shape index (κ3) is 37.4. The number of nitrogens with zero attached hydrogens (tertiary/aromatic N) is 1. The Labute approximate surface area is 280 Å². The molecule has 0 aliphatic heterocycles. The van der Waals surface area contributed by atoms with Gasteiger partial charge in [0.25, 0.3) is 0 Å². The smallest absolute Gasteiger partial charge is 0.410 e. The normalized spacial score (nSPS) is 11.8. The van der Waals surface area contributed by atoms with Gasteiger partial charge in [0.15, 0.2) is 0 Å². The molecule has 0 saturated carbocycles. The van der Waals surface area contributed by atoms with E-state index in [-0.39, 0.29) is 6.09 Å². The lowest BCUT2D eigenvalue weighted by Crippen LogP contribution is -2.36. The molecule has 0 aromatic rings. The number of hydrogen-bond donors (Lipinski definition) is 0. The van der Waals surface area contributed by atoms with E-state index in [4.69, 9.17) is 47.4 Å². The van der Waals surface area contributed by atoms with Crippen LogP contribution in [0, 0.1) is 0 Å². The molecule has 1 amide bonds. The van der Waals surface area contributed by atoms with Crippen LogP contribution in [0.2, 0.25) is 0 Å². The van der Waals surface area contributed by atoms with Crippen LogP contribution in [0.1, 0.15) is 79.1 Å². The molecule has 0 aliphatic rings. The second-order valence-electron chi connectivity index (χ2n) is 11.9. The molecule has 0 bridgehead atoms. The molecule has 12 nitrogen and oxygen atoms in total. The fourth-order valence-electron chi connectivity index (χ4n) is 3.83. The number of carbonyl (C=O) groups is 1. The van der Waals surface area contributed by atoms with E-state index in [0.717, 1.165) is 13.0 Å². The standard InChI is InChI=1S/C34H69NO11/c1-6-7-8-9-10-11-12-13-15-37-17-19-39-21-23-41-25-27-43-29-31-45-32-30-44-28-26-42-24-22-40-20-18-38-16-14-35(5)33(36)46-34(2,3)4/h6-32H2,1-5H3. The predicted octanol–water partition coefficient (Wildman–Crippen LogP) is 5.14. The van der Waals surface area contributed by atoms with Crippen LogP contribution in [0.15, 0.2) is 0 Å². The molecular formula is C34H69NO11. The van der Waals surface area contributed by atoms with Crippen molar-refractivity contribution in [1.82, 2.24) is 4.90 Å². The van der Waals surface area contributed by atoms with Crippen LogP contribution in [0.3, 0.4) is 0 Å². The van der Waals surface area contributed by atoms with Gasteiger partial charge in [-0.2, -0.15) is 0 Å². The largest absolute Gasteiger partial charge is 0.444 e. The van der Waals surface area contributed by atoms with Gasteiger partial charge >= 0.3 is 6.09 Å². The summed E-state index contributed by atoms with van der Waals surface area (Å²) in [6, 6.07) is 0. The van der Waals surface area contributed by atoms with Crippen LogP contribution < -0.4 is 0 Å². The number of rotatable bonds is 36. The molecule has 0 fully saturated rings. The fraction of sp³-hybridized carbons (Fsp3) is 0.971. The van der Waals surface area contributed by atoms with Gasteiger partial charge < -0.3 is 52.3 Å². The molecule has 0 aromatic carbocycles. The summed E-state index contributed by atoms with van der Waals surface area (Å²) in [5.74, 6) is 0. The van der Waals surface area contributed by atoms with Crippen LogP contribution in [-0.2, 0) is 47.4 Å². The summed E-state index contributed by atoms with van der Waals surface area (Å²) in [5.41, 5.74) is -0.505. The Hall–Kier alpha value is -1.09. The lowest BCUT2D eigenvalue weighted by Gasteiger charge is -2.24. The lowest BCUT2D eigenvalue weighted by atomic mass is 10.1. The molecule has 0 aliphatic carbocycles. The van der Waals surface area contributed by atoms with Gasteiger partial charge in [0.05, 0.1) is 112 Å². The van der Waals surface area contributed by atoms with Gasteiger partial charge in [-0.25, -0.2) is 4.79 Å². The van der Waals surface area contributed by atoms with E-state index in [0.29, 0.717) is 119 Å². The molecule has 0 radical (unpaired) electrons. The number of ether oxygens (including phenoxy) is 10. The summed E-state index contributed by atoms with van der Waals surface area (Å²) >= 11 is 0. The van der Waals surface area contributed by atoms with Gasteiger partial charge in [0, 0.05) is 20.2 Å². The molecule has 0 rings (SSSR count). The Morgan fingerprint density at radius 2 is 0.717 bits per heavy atom. The number of amides is 1. The molecule has 0 aromatic heterocycles. The monoisotopic (exact) mass is 667 g/mol. The van der Waals surface area contributed by atoms with Crippen molar-refractivity contribution in [2.24, 2.45) is 0 Å². The zero-order valence-electron chi connectivity index (χ0n) is 30.0. The molecule has 0 unspecified atom stereocenters.